The number of thioether (sulfide) groups is 1. The highest BCUT2D eigenvalue weighted by Crippen LogP contribution is 2.39. The predicted molar refractivity (Wildman–Crippen MR) is 147 cm³/mol. The van der Waals surface area contributed by atoms with Crippen LogP contribution in [0.3, 0.4) is 0 Å². The van der Waals surface area contributed by atoms with E-state index in [1.54, 1.807) is 11.0 Å². The number of piperidine rings is 1. The van der Waals surface area contributed by atoms with E-state index in [-0.39, 0.29) is 30.8 Å². The Bertz CT molecular complexity index is 1080. The fourth-order valence-corrected chi connectivity index (χ4v) is 6.26. The number of likely N-dealkylation sites (tertiary alicyclic amines) is 1. The maximum atomic E-state index is 13.3. The number of halogens is 1. The van der Waals surface area contributed by atoms with Crippen LogP contribution in [0.2, 0.25) is 0 Å². The third-order valence-corrected chi connectivity index (χ3v) is 8.47. The lowest BCUT2D eigenvalue weighted by Crippen LogP contribution is -2.44. The van der Waals surface area contributed by atoms with Gasteiger partial charge < -0.3 is 20.9 Å². The molecule has 9 nitrogen and oxygen atoms in total. The van der Waals surface area contributed by atoms with Crippen LogP contribution in [-0.2, 0) is 14.4 Å². The van der Waals surface area contributed by atoms with Crippen LogP contribution in [0.5, 0.6) is 0 Å². The minimum atomic E-state index is -1.02. The SMILES string of the molecule is C#CCNC(=O)[C@@H](C#N)C1SC(C(C)CNc2cccc(NC(=O)CN3CCC(F)CC3)c2)C(=O)N1CC. The smallest absolute Gasteiger partial charge is 0.241 e. The molecule has 2 fully saturated rings. The largest absolute Gasteiger partial charge is 0.385 e. The van der Waals surface area contributed by atoms with Crippen molar-refractivity contribution in [3.63, 3.8) is 0 Å². The van der Waals surface area contributed by atoms with Crippen molar-refractivity contribution in [3.8, 4) is 18.4 Å². The fraction of sp³-hybridized carbons (Fsp3) is 0.556. The minimum absolute atomic E-state index is 0.0234. The molecule has 0 aromatic heterocycles. The predicted octanol–water partition coefficient (Wildman–Crippen LogP) is 2.29. The quantitative estimate of drug-likeness (QED) is 0.367. The van der Waals surface area contributed by atoms with E-state index in [0.717, 1.165) is 5.69 Å². The highest BCUT2D eigenvalue weighted by atomic mass is 32.2. The molecule has 0 bridgehead atoms. The third kappa shape index (κ3) is 7.62. The number of carbonyl (C=O) groups is 3. The van der Waals surface area contributed by atoms with Crippen LogP contribution in [-0.4, -0.2) is 83.6 Å². The molecule has 0 saturated carbocycles. The molecule has 2 aliphatic heterocycles. The Morgan fingerprint density at radius 1 is 1.29 bits per heavy atom. The molecule has 11 heteroatoms. The van der Waals surface area contributed by atoms with Crippen molar-refractivity contribution in [3.05, 3.63) is 24.3 Å². The van der Waals surface area contributed by atoms with Crippen LogP contribution in [0.25, 0.3) is 0 Å². The number of carbonyl (C=O) groups excluding carboxylic acids is 3. The van der Waals surface area contributed by atoms with Crippen LogP contribution >= 0.6 is 11.8 Å². The molecule has 3 N–H and O–H groups in total. The molecule has 1 aromatic carbocycles. The summed E-state index contributed by atoms with van der Waals surface area (Å²) in [6.45, 7) is 6.04. The van der Waals surface area contributed by atoms with Crippen LogP contribution in [0, 0.1) is 35.5 Å². The molecule has 1 aromatic rings. The van der Waals surface area contributed by atoms with Crippen LogP contribution in [0.4, 0.5) is 15.8 Å². The summed E-state index contributed by atoms with van der Waals surface area (Å²) >= 11 is 1.33. The zero-order valence-corrected chi connectivity index (χ0v) is 22.6. The number of nitrogens with one attached hydrogen (secondary N) is 3. The van der Waals surface area contributed by atoms with E-state index in [9.17, 15) is 24.0 Å². The maximum absolute atomic E-state index is 13.3. The third-order valence-electron chi connectivity index (χ3n) is 6.71. The molecule has 0 radical (unpaired) electrons. The molecule has 204 valence electrons. The Labute approximate surface area is 227 Å². The second kappa shape index (κ2) is 14.0. The molecule has 2 aliphatic rings. The van der Waals surface area contributed by atoms with Gasteiger partial charge >= 0.3 is 0 Å². The first kappa shape index (κ1) is 29.3. The van der Waals surface area contributed by atoms with Gasteiger partial charge in [-0.3, -0.25) is 19.3 Å². The summed E-state index contributed by atoms with van der Waals surface area (Å²) in [6.07, 6.45) is 5.34. The minimum Gasteiger partial charge on any atom is -0.385 e. The van der Waals surface area contributed by atoms with E-state index >= 15 is 0 Å². The van der Waals surface area contributed by atoms with E-state index in [1.807, 2.05) is 43.0 Å². The molecule has 38 heavy (non-hydrogen) atoms. The topological polar surface area (TPSA) is 118 Å². The average molecular weight is 543 g/mol. The van der Waals surface area contributed by atoms with Crippen molar-refractivity contribution in [2.45, 2.75) is 43.5 Å². The molecule has 3 rings (SSSR count). The molecule has 2 heterocycles. The summed E-state index contributed by atoms with van der Waals surface area (Å²) in [5.74, 6) is 0.472. The lowest BCUT2D eigenvalue weighted by molar-refractivity contribution is -0.132. The van der Waals surface area contributed by atoms with Crippen molar-refractivity contribution in [2.75, 3.05) is 49.9 Å². The van der Waals surface area contributed by atoms with Gasteiger partial charge in [0.05, 0.1) is 24.4 Å². The zero-order valence-electron chi connectivity index (χ0n) is 21.8. The molecule has 3 unspecified atom stereocenters. The maximum Gasteiger partial charge on any atom is 0.241 e. The number of nitrogens with zero attached hydrogens (tertiary/aromatic N) is 3. The van der Waals surface area contributed by atoms with Gasteiger partial charge in [-0.2, -0.15) is 5.26 Å². The summed E-state index contributed by atoms with van der Waals surface area (Å²) in [5, 5.41) is 17.4. The number of terminal acetylenes is 1. The molecule has 0 aliphatic carbocycles. The van der Waals surface area contributed by atoms with Crippen molar-refractivity contribution >= 4 is 40.9 Å². The molecular weight excluding hydrogens is 507 g/mol. The number of amides is 3. The molecular formula is C27H35FN6O3S. The van der Waals surface area contributed by atoms with Crippen LogP contribution < -0.4 is 16.0 Å². The summed E-state index contributed by atoms with van der Waals surface area (Å²) in [6, 6.07) is 9.37. The Hall–Kier alpha value is -3.28. The van der Waals surface area contributed by atoms with Crippen molar-refractivity contribution in [1.82, 2.24) is 15.1 Å². The number of alkyl halides is 1. The van der Waals surface area contributed by atoms with Gasteiger partial charge in [0, 0.05) is 37.6 Å². The Morgan fingerprint density at radius 3 is 2.66 bits per heavy atom. The summed E-state index contributed by atoms with van der Waals surface area (Å²) in [4.78, 5) is 41.6. The molecule has 3 amide bonds. The fourth-order valence-electron chi connectivity index (χ4n) is 4.60. The van der Waals surface area contributed by atoms with Gasteiger partial charge in [-0.25, -0.2) is 4.39 Å². The van der Waals surface area contributed by atoms with Gasteiger partial charge in [0.15, 0.2) is 5.92 Å². The highest BCUT2D eigenvalue weighted by Gasteiger charge is 2.47. The number of rotatable bonds is 11. The van der Waals surface area contributed by atoms with E-state index in [2.05, 4.69) is 21.9 Å². The first-order valence-electron chi connectivity index (χ1n) is 12.8. The number of nitriles is 1. The first-order valence-corrected chi connectivity index (χ1v) is 13.8. The van der Waals surface area contributed by atoms with Crippen LogP contribution in [0.1, 0.15) is 26.7 Å². The van der Waals surface area contributed by atoms with Gasteiger partial charge in [-0.05, 0) is 43.9 Å². The monoisotopic (exact) mass is 542 g/mol. The lowest BCUT2D eigenvalue weighted by atomic mass is 10.1. The molecule has 2 saturated heterocycles. The Kier molecular flexibility index (Phi) is 10.8. The van der Waals surface area contributed by atoms with Gasteiger partial charge in [0.25, 0.3) is 0 Å². The van der Waals surface area contributed by atoms with Crippen molar-refractivity contribution in [1.29, 1.82) is 5.26 Å². The Morgan fingerprint density at radius 2 is 2.00 bits per heavy atom. The van der Waals surface area contributed by atoms with Gasteiger partial charge in [0.1, 0.15) is 11.5 Å². The summed E-state index contributed by atoms with van der Waals surface area (Å²) in [7, 11) is 0. The van der Waals surface area contributed by atoms with E-state index in [0.29, 0.717) is 44.7 Å². The number of hydrogen-bond donors (Lipinski definition) is 3. The van der Waals surface area contributed by atoms with E-state index in [4.69, 9.17) is 6.42 Å². The van der Waals surface area contributed by atoms with Gasteiger partial charge in [-0.15, -0.1) is 18.2 Å². The van der Waals surface area contributed by atoms with Crippen LogP contribution in [0.15, 0.2) is 24.3 Å². The second-order valence-corrected chi connectivity index (χ2v) is 10.8. The zero-order chi connectivity index (χ0) is 27.7. The second-order valence-electron chi connectivity index (χ2n) is 9.54. The lowest BCUT2D eigenvalue weighted by Gasteiger charge is -2.27. The summed E-state index contributed by atoms with van der Waals surface area (Å²) < 4.78 is 13.3. The van der Waals surface area contributed by atoms with Crippen molar-refractivity contribution in [2.24, 2.45) is 11.8 Å². The first-order chi connectivity index (χ1) is 18.3. The van der Waals surface area contributed by atoms with Gasteiger partial charge in [-0.1, -0.05) is 18.9 Å². The van der Waals surface area contributed by atoms with Gasteiger partial charge in [0.2, 0.25) is 17.7 Å². The highest BCUT2D eigenvalue weighted by molar-refractivity contribution is 8.01. The average Bonchev–Trinajstić information content (AvgIpc) is 3.23. The molecule has 4 atom stereocenters. The molecule has 0 spiro atoms. The number of hydrogen-bond acceptors (Lipinski definition) is 7. The Balaban J connectivity index is 1.55. The van der Waals surface area contributed by atoms with E-state index < -0.39 is 28.6 Å². The summed E-state index contributed by atoms with van der Waals surface area (Å²) in [5.41, 5.74) is 1.43. The van der Waals surface area contributed by atoms with Crippen molar-refractivity contribution < 1.29 is 18.8 Å². The number of anilines is 2. The normalized spacial score (nSPS) is 21.7. The van der Waals surface area contributed by atoms with E-state index in [1.165, 1.54) is 11.8 Å². The standard InChI is InChI=1S/C27H35FN6O3S/c1-4-11-30-25(36)22(15-29)27-34(5-2)26(37)24(38-27)18(3)16-31-20-7-6-8-21(14-20)32-23(35)17-33-12-9-19(28)10-13-33/h1,6-8,14,18-19,22,24,27,31H,5,9-13,16-17H2,2-3H3,(H,30,36)(H,32,35)/t18?,22-,24?,27?/m1/s1. The number of benzene rings is 1.